The summed E-state index contributed by atoms with van der Waals surface area (Å²) in [7, 11) is 3.66. The van der Waals surface area contributed by atoms with Crippen LogP contribution in [0.2, 0.25) is 0 Å². The van der Waals surface area contributed by atoms with E-state index in [-0.39, 0.29) is 18.3 Å². The molecule has 2 rings (SSSR count). The minimum absolute atomic E-state index is 0.0390. The van der Waals surface area contributed by atoms with Gasteiger partial charge in [0.1, 0.15) is 11.6 Å². The molecule has 2 aromatic rings. The molecule has 0 aliphatic rings. The Bertz CT molecular complexity index is 671. The number of carbonyl (C=O) groups excluding carboxylic acids is 2. The Labute approximate surface area is 133 Å². The fourth-order valence-corrected chi connectivity index (χ4v) is 2.03. The minimum Gasteiger partial charge on any atom is -0.468 e. The number of nitrogens with one attached hydrogen (secondary N) is 2. The van der Waals surface area contributed by atoms with Gasteiger partial charge < -0.3 is 15.1 Å². The lowest BCUT2D eigenvalue weighted by Crippen LogP contribution is -2.40. The maximum absolute atomic E-state index is 13.5. The molecule has 0 radical (unpaired) electrons. The smallest absolute Gasteiger partial charge is 0.313 e. The highest BCUT2D eigenvalue weighted by Gasteiger charge is 2.21. The van der Waals surface area contributed by atoms with Gasteiger partial charge in [0, 0.05) is 6.54 Å². The number of furan rings is 1. The van der Waals surface area contributed by atoms with Gasteiger partial charge in [-0.15, -0.1) is 0 Å². The summed E-state index contributed by atoms with van der Waals surface area (Å²) < 4.78 is 18.8. The first-order valence-electron chi connectivity index (χ1n) is 7.02. The van der Waals surface area contributed by atoms with Crippen molar-refractivity contribution in [3.8, 4) is 0 Å². The van der Waals surface area contributed by atoms with Crippen molar-refractivity contribution in [2.24, 2.45) is 0 Å². The van der Waals surface area contributed by atoms with E-state index >= 15 is 0 Å². The van der Waals surface area contributed by atoms with Crippen LogP contribution >= 0.6 is 0 Å². The number of likely N-dealkylation sites (N-methyl/N-ethyl adjacent to an activating group) is 1. The lowest BCUT2D eigenvalue weighted by Gasteiger charge is -2.22. The molecule has 23 heavy (non-hydrogen) atoms. The van der Waals surface area contributed by atoms with Crippen LogP contribution in [0, 0.1) is 5.82 Å². The molecule has 0 saturated carbocycles. The summed E-state index contributed by atoms with van der Waals surface area (Å²) >= 11 is 0. The van der Waals surface area contributed by atoms with E-state index in [0.29, 0.717) is 5.76 Å². The molecule has 7 heteroatoms. The molecule has 0 unspecified atom stereocenters. The van der Waals surface area contributed by atoms with Crippen LogP contribution in [0.1, 0.15) is 11.8 Å². The zero-order valence-corrected chi connectivity index (χ0v) is 12.9. The summed E-state index contributed by atoms with van der Waals surface area (Å²) in [6.45, 7) is 0.185. The monoisotopic (exact) mass is 319 g/mol. The summed E-state index contributed by atoms with van der Waals surface area (Å²) in [6, 6.07) is 8.97. The van der Waals surface area contributed by atoms with Gasteiger partial charge in [-0.05, 0) is 38.4 Å². The second kappa shape index (κ2) is 7.55. The van der Waals surface area contributed by atoms with Crippen LogP contribution in [0.4, 0.5) is 10.1 Å². The normalized spacial score (nSPS) is 12.0. The third-order valence-corrected chi connectivity index (χ3v) is 3.28. The Morgan fingerprint density at radius 3 is 2.52 bits per heavy atom. The van der Waals surface area contributed by atoms with Crippen molar-refractivity contribution in [1.29, 1.82) is 0 Å². The van der Waals surface area contributed by atoms with Crippen LogP contribution in [-0.2, 0) is 9.59 Å². The summed E-state index contributed by atoms with van der Waals surface area (Å²) in [4.78, 5) is 25.5. The number of carbonyl (C=O) groups is 2. The van der Waals surface area contributed by atoms with Crippen LogP contribution in [0.25, 0.3) is 0 Å². The zero-order chi connectivity index (χ0) is 16.8. The van der Waals surface area contributed by atoms with E-state index in [1.165, 1.54) is 18.2 Å². The number of para-hydroxylation sites is 1. The Hall–Kier alpha value is -2.67. The largest absolute Gasteiger partial charge is 0.468 e. The lowest BCUT2D eigenvalue weighted by molar-refractivity contribution is -0.136. The Morgan fingerprint density at radius 2 is 1.91 bits per heavy atom. The SMILES string of the molecule is CN(C)[C@H](CNC(=O)C(=O)Nc1ccccc1F)c1ccco1. The first kappa shape index (κ1) is 16.7. The molecule has 122 valence electrons. The average molecular weight is 319 g/mol. The predicted molar refractivity (Wildman–Crippen MR) is 83.2 cm³/mol. The topological polar surface area (TPSA) is 74.6 Å². The van der Waals surface area contributed by atoms with Gasteiger partial charge in [-0.2, -0.15) is 0 Å². The molecule has 0 spiro atoms. The van der Waals surface area contributed by atoms with Crippen LogP contribution < -0.4 is 10.6 Å². The zero-order valence-electron chi connectivity index (χ0n) is 12.9. The second-order valence-electron chi connectivity index (χ2n) is 5.14. The standard InChI is InChI=1S/C16H18FN3O3/c1-20(2)13(14-8-5-9-23-14)10-18-15(21)16(22)19-12-7-4-3-6-11(12)17/h3-9,13H,10H2,1-2H3,(H,18,21)(H,19,22)/t13-/m1/s1. The molecule has 0 aliphatic heterocycles. The highest BCUT2D eigenvalue weighted by molar-refractivity contribution is 6.39. The van der Waals surface area contributed by atoms with E-state index in [1.807, 2.05) is 19.0 Å². The van der Waals surface area contributed by atoms with Crippen molar-refractivity contribution >= 4 is 17.5 Å². The highest BCUT2D eigenvalue weighted by Crippen LogP contribution is 2.17. The first-order chi connectivity index (χ1) is 11.0. The number of benzene rings is 1. The molecule has 2 N–H and O–H groups in total. The Morgan fingerprint density at radius 1 is 1.17 bits per heavy atom. The molecule has 0 aliphatic carbocycles. The Balaban J connectivity index is 1.93. The number of halogens is 1. The summed E-state index contributed by atoms with van der Waals surface area (Å²) in [5.74, 6) is -1.70. The molecular weight excluding hydrogens is 301 g/mol. The number of hydrogen-bond acceptors (Lipinski definition) is 4. The maximum Gasteiger partial charge on any atom is 0.313 e. The highest BCUT2D eigenvalue weighted by atomic mass is 19.1. The lowest BCUT2D eigenvalue weighted by atomic mass is 10.2. The van der Waals surface area contributed by atoms with Crippen molar-refractivity contribution < 1.29 is 18.4 Å². The predicted octanol–water partition coefficient (Wildman–Crippen LogP) is 1.78. The third kappa shape index (κ3) is 4.40. The number of nitrogens with zero attached hydrogens (tertiary/aromatic N) is 1. The van der Waals surface area contributed by atoms with Crippen molar-refractivity contribution in [3.63, 3.8) is 0 Å². The van der Waals surface area contributed by atoms with E-state index in [2.05, 4.69) is 10.6 Å². The van der Waals surface area contributed by atoms with Gasteiger partial charge in [-0.25, -0.2) is 4.39 Å². The van der Waals surface area contributed by atoms with E-state index in [1.54, 1.807) is 24.5 Å². The van der Waals surface area contributed by atoms with Gasteiger partial charge in [-0.1, -0.05) is 12.1 Å². The Kier molecular flexibility index (Phi) is 5.48. The molecule has 1 atom stereocenters. The molecule has 1 heterocycles. The molecule has 0 fully saturated rings. The molecule has 2 amide bonds. The van der Waals surface area contributed by atoms with Gasteiger partial charge >= 0.3 is 11.8 Å². The van der Waals surface area contributed by atoms with Gasteiger partial charge in [0.25, 0.3) is 0 Å². The van der Waals surface area contributed by atoms with E-state index < -0.39 is 17.6 Å². The van der Waals surface area contributed by atoms with Crippen LogP contribution in [0.3, 0.4) is 0 Å². The van der Waals surface area contributed by atoms with Gasteiger partial charge in [0.05, 0.1) is 18.0 Å². The quantitative estimate of drug-likeness (QED) is 0.824. The first-order valence-corrected chi connectivity index (χ1v) is 7.02. The molecular formula is C16H18FN3O3. The second-order valence-corrected chi connectivity index (χ2v) is 5.14. The minimum atomic E-state index is -0.924. The van der Waals surface area contributed by atoms with Crippen molar-refractivity contribution in [3.05, 3.63) is 54.2 Å². The molecule has 1 aromatic heterocycles. The van der Waals surface area contributed by atoms with Crippen LogP contribution in [0.15, 0.2) is 47.1 Å². The van der Waals surface area contributed by atoms with Gasteiger partial charge in [0.15, 0.2) is 0 Å². The number of amides is 2. The van der Waals surface area contributed by atoms with Gasteiger partial charge in [-0.3, -0.25) is 14.5 Å². The van der Waals surface area contributed by atoms with E-state index in [9.17, 15) is 14.0 Å². The van der Waals surface area contributed by atoms with Crippen LogP contribution in [-0.4, -0.2) is 37.4 Å². The molecule has 0 saturated heterocycles. The van der Waals surface area contributed by atoms with E-state index in [0.717, 1.165) is 0 Å². The summed E-state index contributed by atoms with van der Waals surface area (Å²) in [6.07, 6.45) is 1.54. The number of anilines is 1. The van der Waals surface area contributed by atoms with Crippen molar-refractivity contribution in [2.75, 3.05) is 26.0 Å². The van der Waals surface area contributed by atoms with Crippen molar-refractivity contribution in [2.45, 2.75) is 6.04 Å². The van der Waals surface area contributed by atoms with Crippen LogP contribution in [0.5, 0.6) is 0 Å². The average Bonchev–Trinajstić information content (AvgIpc) is 3.03. The molecule has 0 bridgehead atoms. The molecule has 1 aromatic carbocycles. The maximum atomic E-state index is 13.5. The summed E-state index contributed by atoms with van der Waals surface area (Å²) in [5.41, 5.74) is -0.0390. The summed E-state index contributed by atoms with van der Waals surface area (Å²) in [5, 5.41) is 4.75. The molecule has 6 nitrogen and oxygen atoms in total. The fraction of sp³-hybridized carbons (Fsp3) is 0.250. The van der Waals surface area contributed by atoms with Gasteiger partial charge in [0.2, 0.25) is 0 Å². The number of rotatable bonds is 5. The third-order valence-electron chi connectivity index (χ3n) is 3.28. The fourth-order valence-electron chi connectivity index (χ4n) is 2.03. The number of hydrogen-bond donors (Lipinski definition) is 2. The van der Waals surface area contributed by atoms with E-state index in [4.69, 9.17) is 4.42 Å². The van der Waals surface area contributed by atoms with Crippen molar-refractivity contribution in [1.82, 2.24) is 10.2 Å².